The first-order valence-electron chi connectivity index (χ1n) is 7.02. The van der Waals surface area contributed by atoms with Crippen molar-refractivity contribution < 1.29 is 24.5 Å². The second-order valence-electron chi connectivity index (χ2n) is 4.83. The molecular formula is C17H17NO5. The zero-order chi connectivity index (χ0) is 16.7. The molecule has 3 N–H and O–H groups in total. The minimum Gasteiger partial charge on any atom is -0.425 e. The summed E-state index contributed by atoms with van der Waals surface area (Å²) in [5, 5.41) is 21.9. The number of carbonyl (C=O) groups excluding carboxylic acids is 2. The third-order valence-corrected chi connectivity index (χ3v) is 3.08. The van der Waals surface area contributed by atoms with Crippen molar-refractivity contribution in [1.82, 2.24) is 5.32 Å². The predicted molar refractivity (Wildman–Crippen MR) is 82.4 cm³/mol. The van der Waals surface area contributed by atoms with Crippen LogP contribution in [0.2, 0.25) is 0 Å². The van der Waals surface area contributed by atoms with Gasteiger partial charge in [-0.3, -0.25) is 4.79 Å². The Bertz CT molecular complexity index is 645. The number of aliphatic hydroxyl groups excluding tert-OH is 2. The SMILES string of the molecule is O=C(NCc1ccccc1)C(O)C(O)C(=O)Oc1ccccc1. The molecule has 2 atom stereocenters. The number of hydrogen-bond acceptors (Lipinski definition) is 5. The molecule has 2 aromatic rings. The van der Waals surface area contributed by atoms with Gasteiger partial charge in [-0.15, -0.1) is 0 Å². The lowest BCUT2D eigenvalue weighted by Crippen LogP contribution is -2.46. The predicted octanol–water partition coefficient (Wildman–Crippen LogP) is 0.630. The molecule has 2 rings (SSSR count). The lowest BCUT2D eigenvalue weighted by molar-refractivity contribution is -0.155. The lowest BCUT2D eigenvalue weighted by atomic mass is 10.1. The third-order valence-electron chi connectivity index (χ3n) is 3.08. The van der Waals surface area contributed by atoms with Crippen LogP contribution in [-0.2, 0) is 16.1 Å². The number of benzene rings is 2. The highest BCUT2D eigenvalue weighted by Crippen LogP contribution is 2.10. The Kier molecular flexibility index (Phi) is 5.85. The van der Waals surface area contributed by atoms with E-state index in [1.54, 1.807) is 30.3 Å². The van der Waals surface area contributed by atoms with Gasteiger partial charge in [-0.2, -0.15) is 0 Å². The van der Waals surface area contributed by atoms with Crippen molar-refractivity contribution in [2.24, 2.45) is 0 Å². The molecule has 120 valence electrons. The molecule has 0 heterocycles. The van der Waals surface area contributed by atoms with Gasteiger partial charge in [-0.1, -0.05) is 48.5 Å². The number of carbonyl (C=O) groups is 2. The van der Waals surface area contributed by atoms with Crippen LogP contribution in [0.25, 0.3) is 0 Å². The first kappa shape index (κ1) is 16.7. The Labute approximate surface area is 133 Å². The average Bonchev–Trinajstić information content (AvgIpc) is 2.60. The molecule has 0 aliphatic carbocycles. The van der Waals surface area contributed by atoms with Crippen molar-refractivity contribution >= 4 is 11.9 Å². The zero-order valence-corrected chi connectivity index (χ0v) is 12.3. The molecule has 2 unspecified atom stereocenters. The zero-order valence-electron chi connectivity index (χ0n) is 12.3. The molecule has 6 heteroatoms. The van der Waals surface area contributed by atoms with Gasteiger partial charge in [0.2, 0.25) is 0 Å². The summed E-state index contributed by atoms with van der Waals surface area (Å²) < 4.78 is 4.88. The second-order valence-corrected chi connectivity index (χ2v) is 4.83. The molecule has 0 aliphatic rings. The van der Waals surface area contributed by atoms with E-state index < -0.39 is 24.1 Å². The third kappa shape index (κ3) is 4.91. The minimum absolute atomic E-state index is 0.178. The molecule has 0 fully saturated rings. The molecule has 0 spiro atoms. The lowest BCUT2D eigenvalue weighted by Gasteiger charge is -2.16. The minimum atomic E-state index is -1.97. The van der Waals surface area contributed by atoms with E-state index in [0.717, 1.165) is 5.56 Å². The van der Waals surface area contributed by atoms with Crippen LogP contribution >= 0.6 is 0 Å². The van der Waals surface area contributed by atoms with E-state index in [4.69, 9.17) is 4.74 Å². The largest absolute Gasteiger partial charge is 0.425 e. The summed E-state index contributed by atoms with van der Waals surface area (Å²) in [6, 6.07) is 17.1. The van der Waals surface area contributed by atoms with E-state index in [0.29, 0.717) is 0 Å². The van der Waals surface area contributed by atoms with Crippen molar-refractivity contribution in [3.8, 4) is 5.75 Å². The fourth-order valence-electron chi connectivity index (χ4n) is 1.83. The summed E-state index contributed by atoms with van der Waals surface area (Å²) in [5.74, 6) is -1.74. The number of amides is 1. The Morgan fingerprint density at radius 3 is 2.09 bits per heavy atom. The van der Waals surface area contributed by atoms with E-state index in [2.05, 4.69) is 5.32 Å². The summed E-state index contributed by atoms with van der Waals surface area (Å²) >= 11 is 0. The number of para-hydroxylation sites is 1. The highest BCUT2D eigenvalue weighted by atomic mass is 16.6. The maximum Gasteiger partial charge on any atom is 0.343 e. The Hall–Kier alpha value is -2.70. The van der Waals surface area contributed by atoms with E-state index >= 15 is 0 Å². The van der Waals surface area contributed by atoms with Gasteiger partial charge >= 0.3 is 5.97 Å². The Morgan fingerprint density at radius 1 is 0.913 bits per heavy atom. The number of nitrogens with one attached hydrogen (secondary N) is 1. The topological polar surface area (TPSA) is 95.9 Å². The standard InChI is InChI=1S/C17H17NO5/c19-14(16(21)18-11-12-7-3-1-4-8-12)15(20)17(22)23-13-9-5-2-6-10-13/h1-10,14-15,19-20H,11H2,(H,18,21). The molecule has 0 bridgehead atoms. The van der Waals surface area contributed by atoms with Crippen molar-refractivity contribution in [3.63, 3.8) is 0 Å². The van der Waals surface area contributed by atoms with Crippen LogP contribution in [0, 0.1) is 0 Å². The quantitative estimate of drug-likeness (QED) is 0.537. The van der Waals surface area contributed by atoms with Gasteiger partial charge in [0.15, 0.2) is 12.2 Å². The van der Waals surface area contributed by atoms with Gasteiger partial charge in [0.25, 0.3) is 5.91 Å². The van der Waals surface area contributed by atoms with Crippen LogP contribution in [0.15, 0.2) is 60.7 Å². The van der Waals surface area contributed by atoms with Crippen molar-refractivity contribution in [1.29, 1.82) is 0 Å². The van der Waals surface area contributed by atoms with Crippen LogP contribution in [0.1, 0.15) is 5.56 Å². The highest BCUT2D eigenvalue weighted by Gasteiger charge is 2.31. The van der Waals surface area contributed by atoms with Crippen LogP contribution in [-0.4, -0.2) is 34.3 Å². The molecule has 1 amide bonds. The maximum absolute atomic E-state index is 11.8. The Balaban J connectivity index is 1.86. The molecular weight excluding hydrogens is 298 g/mol. The van der Waals surface area contributed by atoms with Crippen LogP contribution in [0.5, 0.6) is 5.75 Å². The first-order valence-corrected chi connectivity index (χ1v) is 7.02. The average molecular weight is 315 g/mol. The highest BCUT2D eigenvalue weighted by molar-refractivity contribution is 5.89. The molecule has 0 saturated carbocycles. The Morgan fingerprint density at radius 2 is 1.48 bits per heavy atom. The normalized spacial score (nSPS) is 13.0. The van der Waals surface area contributed by atoms with Crippen LogP contribution < -0.4 is 10.1 Å². The van der Waals surface area contributed by atoms with Gasteiger partial charge in [0.05, 0.1) is 0 Å². The van der Waals surface area contributed by atoms with Gasteiger partial charge in [-0.25, -0.2) is 4.79 Å². The molecule has 23 heavy (non-hydrogen) atoms. The fourth-order valence-corrected chi connectivity index (χ4v) is 1.83. The number of ether oxygens (including phenoxy) is 1. The van der Waals surface area contributed by atoms with Crippen molar-refractivity contribution in [3.05, 3.63) is 66.2 Å². The van der Waals surface area contributed by atoms with E-state index in [-0.39, 0.29) is 12.3 Å². The molecule has 0 radical (unpaired) electrons. The molecule has 0 saturated heterocycles. The molecule has 2 aromatic carbocycles. The number of rotatable bonds is 6. The second kappa shape index (κ2) is 8.07. The fraction of sp³-hybridized carbons (Fsp3) is 0.176. The summed E-state index contributed by atoms with van der Waals surface area (Å²) in [6.45, 7) is 0.178. The van der Waals surface area contributed by atoms with E-state index in [9.17, 15) is 19.8 Å². The number of hydrogen-bond donors (Lipinski definition) is 3. The smallest absolute Gasteiger partial charge is 0.343 e. The molecule has 6 nitrogen and oxygen atoms in total. The summed E-state index contributed by atoms with van der Waals surface area (Å²) in [4.78, 5) is 23.5. The van der Waals surface area contributed by atoms with Gasteiger partial charge in [-0.05, 0) is 17.7 Å². The van der Waals surface area contributed by atoms with Gasteiger partial charge < -0.3 is 20.3 Å². The van der Waals surface area contributed by atoms with Crippen LogP contribution in [0.3, 0.4) is 0 Å². The summed E-state index contributed by atoms with van der Waals surface area (Å²) in [5.41, 5.74) is 0.828. The number of esters is 1. The van der Waals surface area contributed by atoms with E-state index in [1.807, 2.05) is 18.2 Å². The monoisotopic (exact) mass is 315 g/mol. The molecule has 0 aliphatic heterocycles. The van der Waals surface area contributed by atoms with E-state index in [1.165, 1.54) is 12.1 Å². The van der Waals surface area contributed by atoms with Crippen LogP contribution in [0.4, 0.5) is 0 Å². The summed E-state index contributed by atoms with van der Waals surface area (Å²) in [7, 11) is 0. The van der Waals surface area contributed by atoms with Gasteiger partial charge in [0, 0.05) is 6.54 Å². The summed E-state index contributed by atoms with van der Waals surface area (Å²) in [6.07, 6.45) is -3.87. The maximum atomic E-state index is 11.8. The molecule has 0 aromatic heterocycles. The first-order chi connectivity index (χ1) is 11.1. The van der Waals surface area contributed by atoms with Crippen molar-refractivity contribution in [2.45, 2.75) is 18.8 Å². The van der Waals surface area contributed by atoms with Gasteiger partial charge in [0.1, 0.15) is 5.75 Å². The van der Waals surface area contributed by atoms with Crippen molar-refractivity contribution in [2.75, 3.05) is 0 Å². The number of aliphatic hydroxyl groups is 2.